The van der Waals surface area contributed by atoms with Crippen molar-refractivity contribution in [2.75, 3.05) is 27.3 Å². The Morgan fingerprint density at radius 1 is 1.40 bits per heavy atom. The summed E-state index contributed by atoms with van der Waals surface area (Å²) in [5.41, 5.74) is 2.79. The molecule has 8 nitrogen and oxygen atoms in total. The van der Waals surface area contributed by atoms with Crippen molar-refractivity contribution in [3.63, 3.8) is 0 Å². The van der Waals surface area contributed by atoms with Crippen LogP contribution in [0.5, 0.6) is 11.5 Å². The first-order valence-electron chi connectivity index (χ1n) is 8.09. The lowest BCUT2D eigenvalue weighted by atomic mass is 10.1. The standard InChI is InChI=1S/C17H22N4O4/c1-24-10-3-4-15(25-2)11(7-10)14(22)9-19-17(23)16-12-8-18-6-5-13(12)20-21-16/h3-4,7,14,18,22H,5-6,8-9H2,1-2H3,(H,19,23)(H,20,21). The van der Waals surface area contributed by atoms with Gasteiger partial charge in [-0.3, -0.25) is 9.89 Å². The molecular formula is C17H22N4O4. The molecule has 134 valence electrons. The summed E-state index contributed by atoms with van der Waals surface area (Å²) in [5, 5.41) is 23.4. The van der Waals surface area contributed by atoms with Crippen LogP contribution in [-0.4, -0.2) is 48.5 Å². The van der Waals surface area contributed by atoms with Crippen molar-refractivity contribution in [2.24, 2.45) is 0 Å². The summed E-state index contributed by atoms with van der Waals surface area (Å²) >= 11 is 0. The number of aliphatic hydroxyl groups excluding tert-OH is 1. The Morgan fingerprint density at radius 2 is 2.24 bits per heavy atom. The third kappa shape index (κ3) is 3.59. The molecule has 3 rings (SSSR count). The lowest BCUT2D eigenvalue weighted by Gasteiger charge is -2.17. The largest absolute Gasteiger partial charge is 0.497 e. The number of rotatable bonds is 6. The van der Waals surface area contributed by atoms with E-state index in [1.54, 1.807) is 25.3 Å². The van der Waals surface area contributed by atoms with Crippen LogP contribution >= 0.6 is 0 Å². The SMILES string of the molecule is COc1ccc(OC)c(C(O)CNC(=O)c2n[nH]c3c2CNCC3)c1. The molecule has 0 bridgehead atoms. The van der Waals surface area contributed by atoms with Crippen LogP contribution in [0.25, 0.3) is 0 Å². The Labute approximate surface area is 145 Å². The van der Waals surface area contributed by atoms with Crippen molar-refractivity contribution in [2.45, 2.75) is 19.1 Å². The molecule has 0 fully saturated rings. The smallest absolute Gasteiger partial charge is 0.272 e. The predicted molar refractivity (Wildman–Crippen MR) is 90.8 cm³/mol. The number of H-pyrrole nitrogens is 1. The molecule has 2 aromatic rings. The quantitative estimate of drug-likeness (QED) is 0.608. The zero-order valence-electron chi connectivity index (χ0n) is 14.3. The van der Waals surface area contributed by atoms with Crippen LogP contribution in [0.4, 0.5) is 0 Å². The highest BCUT2D eigenvalue weighted by Crippen LogP contribution is 2.29. The number of benzene rings is 1. The van der Waals surface area contributed by atoms with Gasteiger partial charge in [0.15, 0.2) is 5.69 Å². The number of amides is 1. The van der Waals surface area contributed by atoms with Crippen LogP contribution in [-0.2, 0) is 13.0 Å². The molecule has 0 radical (unpaired) electrons. The molecule has 1 amide bonds. The molecule has 25 heavy (non-hydrogen) atoms. The highest BCUT2D eigenvalue weighted by molar-refractivity contribution is 5.94. The third-order valence-electron chi connectivity index (χ3n) is 4.27. The van der Waals surface area contributed by atoms with Crippen molar-refractivity contribution in [1.82, 2.24) is 20.8 Å². The lowest BCUT2D eigenvalue weighted by Crippen LogP contribution is -2.31. The number of carbonyl (C=O) groups excluding carboxylic acids is 1. The van der Waals surface area contributed by atoms with Gasteiger partial charge in [0.25, 0.3) is 5.91 Å². The molecule has 0 saturated carbocycles. The monoisotopic (exact) mass is 346 g/mol. The van der Waals surface area contributed by atoms with E-state index in [4.69, 9.17) is 9.47 Å². The molecule has 0 aliphatic carbocycles. The van der Waals surface area contributed by atoms with Gasteiger partial charge in [0, 0.05) is 42.9 Å². The van der Waals surface area contributed by atoms with Crippen LogP contribution in [0.15, 0.2) is 18.2 Å². The minimum atomic E-state index is -0.929. The van der Waals surface area contributed by atoms with Crippen molar-refractivity contribution < 1.29 is 19.4 Å². The van der Waals surface area contributed by atoms with Crippen LogP contribution < -0.4 is 20.1 Å². The van der Waals surface area contributed by atoms with Gasteiger partial charge in [0.05, 0.1) is 14.2 Å². The fourth-order valence-electron chi connectivity index (χ4n) is 2.90. The average molecular weight is 346 g/mol. The maximum Gasteiger partial charge on any atom is 0.272 e. The number of ether oxygens (including phenoxy) is 2. The zero-order valence-corrected chi connectivity index (χ0v) is 14.3. The van der Waals surface area contributed by atoms with E-state index in [2.05, 4.69) is 20.8 Å². The molecule has 1 aliphatic rings. The fourth-order valence-corrected chi connectivity index (χ4v) is 2.90. The predicted octanol–water partition coefficient (Wildman–Crippen LogP) is 0.536. The number of carbonyl (C=O) groups is 1. The molecule has 0 spiro atoms. The number of aromatic amines is 1. The number of aliphatic hydroxyl groups is 1. The number of nitrogens with one attached hydrogen (secondary N) is 3. The molecule has 1 atom stereocenters. The second-order valence-electron chi connectivity index (χ2n) is 5.79. The van der Waals surface area contributed by atoms with E-state index in [1.165, 1.54) is 7.11 Å². The van der Waals surface area contributed by atoms with Gasteiger partial charge in [0.2, 0.25) is 0 Å². The number of nitrogens with zero attached hydrogens (tertiary/aromatic N) is 1. The van der Waals surface area contributed by atoms with Crippen LogP contribution in [0.2, 0.25) is 0 Å². The third-order valence-corrected chi connectivity index (χ3v) is 4.27. The second kappa shape index (κ2) is 7.54. The molecule has 1 aliphatic heterocycles. The Kier molecular flexibility index (Phi) is 5.20. The Morgan fingerprint density at radius 3 is 3.00 bits per heavy atom. The fraction of sp³-hybridized carbons (Fsp3) is 0.412. The van der Waals surface area contributed by atoms with E-state index >= 15 is 0 Å². The summed E-state index contributed by atoms with van der Waals surface area (Å²) in [6.45, 7) is 1.52. The van der Waals surface area contributed by atoms with Crippen LogP contribution in [0.3, 0.4) is 0 Å². The Balaban J connectivity index is 1.69. The number of fused-ring (bicyclic) bond motifs is 1. The molecule has 8 heteroatoms. The first-order valence-corrected chi connectivity index (χ1v) is 8.09. The molecule has 4 N–H and O–H groups in total. The molecule has 1 unspecified atom stereocenters. The molecule has 1 aromatic carbocycles. The van der Waals surface area contributed by atoms with Crippen molar-refractivity contribution in [3.8, 4) is 11.5 Å². The van der Waals surface area contributed by atoms with Crippen LogP contribution in [0.1, 0.15) is 33.4 Å². The first-order chi connectivity index (χ1) is 12.1. The summed E-state index contributed by atoms with van der Waals surface area (Å²) in [4.78, 5) is 12.4. The maximum absolute atomic E-state index is 12.4. The van der Waals surface area contributed by atoms with Crippen molar-refractivity contribution >= 4 is 5.91 Å². The Hall–Kier alpha value is -2.58. The van der Waals surface area contributed by atoms with Crippen molar-refractivity contribution in [1.29, 1.82) is 0 Å². The van der Waals surface area contributed by atoms with Gasteiger partial charge < -0.3 is 25.2 Å². The highest BCUT2D eigenvalue weighted by Gasteiger charge is 2.22. The zero-order chi connectivity index (χ0) is 17.8. The minimum absolute atomic E-state index is 0.0391. The normalized spacial score (nSPS) is 14.5. The van der Waals surface area contributed by atoms with Crippen LogP contribution in [0, 0.1) is 0 Å². The minimum Gasteiger partial charge on any atom is -0.497 e. The highest BCUT2D eigenvalue weighted by atomic mass is 16.5. The van der Waals surface area contributed by atoms with Gasteiger partial charge >= 0.3 is 0 Å². The van der Waals surface area contributed by atoms with Gasteiger partial charge in [-0.2, -0.15) is 5.10 Å². The van der Waals surface area contributed by atoms with E-state index in [9.17, 15) is 9.90 Å². The van der Waals surface area contributed by atoms with E-state index in [1.807, 2.05) is 0 Å². The van der Waals surface area contributed by atoms with Gasteiger partial charge in [-0.25, -0.2) is 0 Å². The topological polar surface area (TPSA) is 108 Å². The van der Waals surface area contributed by atoms with E-state index in [0.29, 0.717) is 29.3 Å². The average Bonchev–Trinajstić information content (AvgIpc) is 3.09. The number of methoxy groups -OCH3 is 2. The molecular weight excluding hydrogens is 324 g/mol. The van der Waals surface area contributed by atoms with Gasteiger partial charge in [-0.15, -0.1) is 0 Å². The number of hydrogen-bond donors (Lipinski definition) is 4. The lowest BCUT2D eigenvalue weighted by molar-refractivity contribution is 0.0908. The molecule has 0 saturated heterocycles. The first kappa shape index (κ1) is 17.2. The Bertz CT molecular complexity index is 759. The van der Waals surface area contributed by atoms with Gasteiger partial charge in [-0.05, 0) is 18.2 Å². The van der Waals surface area contributed by atoms with Gasteiger partial charge in [0.1, 0.15) is 17.6 Å². The van der Waals surface area contributed by atoms with E-state index in [0.717, 1.165) is 24.2 Å². The van der Waals surface area contributed by atoms with E-state index < -0.39 is 6.10 Å². The summed E-state index contributed by atoms with van der Waals surface area (Å²) in [6, 6.07) is 5.15. The summed E-state index contributed by atoms with van der Waals surface area (Å²) in [7, 11) is 3.08. The van der Waals surface area contributed by atoms with E-state index in [-0.39, 0.29) is 12.5 Å². The molecule has 1 aromatic heterocycles. The number of aromatic nitrogens is 2. The summed E-state index contributed by atoms with van der Waals surface area (Å²) < 4.78 is 10.4. The van der Waals surface area contributed by atoms with Crippen molar-refractivity contribution in [3.05, 3.63) is 40.7 Å². The maximum atomic E-state index is 12.4. The van der Waals surface area contributed by atoms with Gasteiger partial charge in [-0.1, -0.05) is 0 Å². The summed E-state index contributed by atoms with van der Waals surface area (Å²) in [5.74, 6) is 0.819. The summed E-state index contributed by atoms with van der Waals surface area (Å²) in [6.07, 6.45) is -0.110. The second-order valence-corrected chi connectivity index (χ2v) is 5.79. The number of hydrogen-bond acceptors (Lipinski definition) is 6. The molecule has 2 heterocycles.